The van der Waals surface area contributed by atoms with Gasteiger partial charge in [-0.25, -0.2) is 4.98 Å². The number of nitrogens with zero attached hydrogens (tertiary/aromatic N) is 1. The first-order valence-electron chi connectivity index (χ1n) is 5.36. The van der Waals surface area contributed by atoms with Gasteiger partial charge in [0, 0.05) is 16.3 Å². The quantitative estimate of drug-likeness (QED) is 0.512. The number of hydrogen-bond donors (Lipinski definition) is 1. The Bertz CT molecular complexity index is 521. The molecule has 5 heteroatoms. The molecule has 0 spiro atoms. The molecule has 0 fully saturated rings. The Morgan fingerprint density at radius 3 is 2.78 bits per heavy atom. The summed E-state index contributed by atoms with van der Waals surface area (Å²) in [6, 6.07) is 9.30. The van der Waals surface area contributed by atoms with Crippen molar-refractivity contribution < 1.29 is 0 Å². The molecular weight excluding hydrogens is 287 g/mol. The molecule has 1 heterocycles. The second-order valence-electron chi connectivity index (χ2n) is 3.88. The fourth-order valence-electron chi connectivity index (χ4n) is 1.48. The number of rotatable bonds is 3. The molecule has 0 saturated carbocycles. The second-order valence-corrected chi connectivity index (χ2v) is 5.69. The van der Waals surface area contributed by atoms with E-state index in [1.165, 1.54) is 5.56 Å². The first kappa shape index (κ1) is 13.5. The standard InChI is InChI=1S/C13H12Cl2N2S/c1-8-2-3-9(16)6-12(8)18-7-11-10(14)4-5-13(15)17-11/h2-6H,7,16H2,1H3. The monoisotopic (exact) mass is 298 g/mol. The Kier molecular flexibility index (Phi) is 4.38. The summed E-state index contributed by atoms with van der Waals surface area (Å²) in [7, 11) is 0. The molecule has 94 valence electrons. The molecule has 2 rings (SSSR count). The molecule has 0 radical (unpaired) electrons. The van der Waals surface area contributed by atoms with Gasteiger partial charge in [-0.1, -0.05) is 29.3 Å². The van der Waals surface area contributed by atoms with Crippen LogP contribution >= 0.6 is 35.0 Å². The molecular formula is C13H12Cl2N2S. The van der Waals surface area contributed by atoms with E-state index in [4.69, 9.17) is 28.9 Å². The third kappa shape index (κ3) is 3.31. The van der Waals surface area contributed by atoms with Crippen LogP contribution in [0.4, 0.5) is 5.69 Å². The van der Waals surface area contributed by atoms with Gasteiger partial charge in [0.15, 0.2) is 0 Å². The summed E-state index contributed by atoms with van der Waals surface area (Å²) in [6.07, 6.45) is 0. The van der Waals surface area contributed by atoms with Crippen molar-refractivity contribution in [3.8, 4) is 0 Å². The Balaban J connectivity index is 2.16. The van der Waals surface area contributed by atoms with Crippen LogP contribution in [0.3, 0.4) is 0 Å². The Hall–Kier alpha value is -0.900. The molecule has 1 aromatic carbocycles. The van der Waals surface area contributed by atoms with Crippen molar-refractivity contribution in [1.29, 1.82) is 0 Å². The summed E-state index contributed by atoms with van der Waals surface area (Å²) < 4.78 is 0. The fourth-order valence-corrected chi connectivity index (χ4v) is 2.92. The number of anilines is 1. The Morgan fingerprint density at radius 1 is 1.22 bits per heavy atom. The third-order valence-corrected chi connectivity index (χ3v) is 4.18. The van der Waals surface area contributed by atoms with Gasteiger partial charge in [-0.3, -0.25) is 0 Å². The van der Waals surface area contributed by atoms with Gasteiger partial charge in [0.25, 0.3) is 0 Å². The van der Waals surface area contributed by atoms with Gasteiger partial charge in [0.2, 0.25) is 0 Å². The summed E-state index contributed by atoms with van der Waals surface area (Å²) in [5.74, 6) is 0.670. The molecule has 2 N–H and O–H groups in total. The van der Waals surface area contributed by atoms with Crippen molar-refractivity contribution in [2.45, 2.75) is 17.6 Å². The predicted molar refractivity (Wildman–Crippen MR) is 79.4 cm³/mol. The highest BCUT2D eigenvalue weighted by atomic mass is 35.5. The predicted octanol–water partition coefficient (Wildman–Crippen LogP) is 4.57. The zero-order chi connectivity index (χ0) is 13.1. The zero-order valence-electron chi connectivity index (χ0n) is 9.78. The second kappa shape index (κ2) is 5.83. The van der Waals surface area contributed by atoms with Crippen LogP contribution in [0, 0.1) is 6.92 Å². The molecule has 0 aliphatic carbocycles. The molecule has 0 amide bonds. The van der Waals surface area contributed by atoms with Gasteiger partial charge >= 0.3 is 0 Å². The lowest BCUT2D eigenvalue weighted by Crippen LogP contribution is -1.91. The minimum absolute atomic E-state index is 0.458. The van der Waals surface area contributed by atoms with E-state index in [2.05, 4.69) is 11.9 Å². The van der Waals surface area contributed by atoms with Gasteiger partial charge < -0.3 is 5.73 Å². The van der Waals surface area contributed by atoms with E-state index in [1.807, 2.05) is 18.2 Å². The number of aromatic nitrogens is 1. The number of nitrogen functional groups attached to an aromatic ring is 1. The average Bonchev–Trinajstić information content (AvgIpc) is 2.34. The lowest BCUT2D eigenvalue weighted by Gasteiger charge is -2.07. The summed E-state index contributed by atoms with van der Waals surface area (Å²) in [4.78, 5) is 5.35. The van der Waals surface area contributed by atoms with Crippen molar-refractivity contribution in [2.24, 2.45) is 0 Å². The van der Waals surface area contributed by atoms with Crippen molar-refractivity contribution in [3.05, 3.63) is 51.8 Å². The van der Waals surface area contributed by atoms with E-state index >= 15 is 0 Å². The molecule has 0 atom stereocenters. The zero-order valence-corrected chi connectivity index (χ0v) is 12.1. The van der Waals surface area contributed by atoms with Crippen molar-refractivity contribution in [1.82, 2.24) is 4.98 Å². The van der Waals surface area contributed by atoms with Crippen LogP contribution in [0.25, 0.3) is 0 Å². The molecule has 18 heavy (non-hydrogen) atoms. The first-order chi connectivity index (χ1) is 8.56. The normalized spacial score (nSPS) is 10.6. The average molecular weight is 299 g/mol. The SMILES string of the molecule is Cc1ccc(N)cc1SCc1nc(Cl)ccc1Cl. The molecule has 2 nitrogen and oxygen atoms in total. The molecule has 0 unspecified atom stereocenters. The van der Waals surface area contributed by atoms with Crippen LogP contribution in [-0.2, 0) is 5.75 Å². The van der Waals surface area contributed by atoms with Gasteiger partial charge in [-0.05, 0) is 36.8 Å². The van der Waals surface area contributed by atoms with Crippen LogP contribution in [0.2, 0.25) is 10.2 Å². The number of aryl methyl sites for hydroxylation is 1. The smallest absolute Gasteiger partial charge is 0.129 e. The number of hydrogen-bond acceptors (Lipinski definition) is 3. The Labute approximate surface area is 121 Å². The topological polar surface area (TPSA) is 38.9 Å². The van der Waals surface area contributed by atoms with E-state index in [0.29, 0.717) is 15.9 Å². The largest absolute Gasteiger partial charge is 0.399 e. The van der Waals surface area contributed by atoms with E-state index < -0.39 is 0 Å². The summed E-state index contributed by atoms with van der Waals surface area (Å²) >= 11 is 13.6. The number of pyridine rings is 1. The van der Waals surface area contributed by atoms with E-state index in [-0.39, 0.29) is 0 Å². The maximum Gasteiger partial charge on any atom is 0.129 e. The highest BCUT2D eigenvalue weighted by Crippen LogP contribution is 2.29. The summed E-state index contributed by atoms with van der Waals surface area (Å²) in [6.45, 7) is 2.05. The number of nitrogens with two attached hydrogens (primary N) is 1. The number of halogens is 2. The minimum Gasteiger partial charge on any atom is -0.399 e. The van der Waals surface area contributed by atoms with Gasteiger partial charge in [0.1, 0.15) is 5.15 Å². The van der Waals surface area contributed by atoms with Crippen molar-refractivity contribution in [3.63, 3.8) is 0 Å². The van der Waals surface area contributed by atoms with Crippen LogP contribution in [0.1, 0.15) is 11.3 Å². The van der Waals surface area contributed by atoms with Crippen LogP contribution in [0.15, 0.2) is 35.2 Å². The van der Waals surface area contributed by atoms with Crippen LogP contribution in [-0.4, -0.2) is 4.98 Å². The minimum atomic E-state index is 0.458. The molecule has 0 aliphatic heterocycles. The maximum absolute atomic E-state index is 6.07. The summed E-state index contributed by atoms with van der Waals surface area (Å²) in [5.41, 5.74) is 8.51. The van der Waals surface area contributed by atoms with Crippen molar-refractivity contribution in [2.75, 3.05) is 5.73 Å². The van der Waals surface area contributed by atoms with Crippen LogP contribution in [0.5, 0.6) is 0 Å². The summed E-state index contributed by atoms with van der Waals surface area (Å²) in [5, 5.41) is 1.09. The lowest BCUT2D eigenvalue weighted by atomic mass is 10.2. The molecule has 1 aromatic heterocycles. The highest BCUT2D eigenvalue weighted by molar-refractivity contribution is 7.98. The maximum atomic E-state index is 6.07. The van der Waals surface area contributed by atoms with Gasteiger partial charge in [-0.2, -0.15) is 0 Å². The highest BCUT2D eigenvalue weighted by Gasteiger charge is 2.06. The number of thioether (sulfide) groups is 1. The van der Waals surface area contributed by atoms with Gasteiger partial charge in [0.05, 0.1) is 10.7 Å². The first-order valence-corrected chi connectivity index (χ1v) is 7.10. The number of benzene rings is 1. The molecule has 0 aliphatic rings. The Morgan fingerprint density at radius 2 is 2.00 bits per heavy atom. The van der Waals surface area contributed by atoms with E-state index in [0.717, 1.165) is 16.3 Å². The van der Waals surface area contributed by atoms with Gasteiger partial charge in [-0.15, -0.1) is 11.8 Å². The van der Waals surface area contributed by atoms with E-state index in [9.17, 15) is 0 Å². The third-order valence-electron chi connectivity index (χ3n) is 2.46. The lowest BCUT2D eigenvalue weighted by molar-refractivity contribution is 1.17. The molecule has 0 bridgehead atoms. The van der Waals surface area contributed by atoms with E-state index in [1.54, 1.807) is 23.9 Å². The van der Waals surface area contributed by atoms with Crippen molar-refractivity contribution >= 4 is 40.7 Å². The molecule has 2 aromatic rings. The fraction of sp³-hybridized carbons (Fsp3) is 0.154. The molecule has 0 saturated heterocycles. The van der Waals surface area contributed by atoms with Crippen LogP contribution < -0.4 is 5.73 Å².